The van der Waals surface area contributed by atoms with Crippen molar-refractivity contribution in [3.05, 3.63) is 22.8 Å². The van der Waals surface area contributed by atoms with Gasteiger partial charge in [0.15, 0.2) is 5.11 Å². The molecule has 5 nitrogen and oxygen atoms in total. The molecule has 0 bridgehead atoms. The van der Waals surface area contributed by atoms with Gasteiger partial charge in [0, 0.05) is 0 Å². The van der Waals surface area contributed by atoms with Crippen LogP contribution in [0.4, 0.5) is 5.95 Å². The van der Waals surface area contributed by atoms with Gasteiger partial charge in [0.1, 0.15) is 0 Å². The Morgan fingerprint density at radius 3 is 2.40 bits per heavy atom. The third kappa shape index (κ3) is 4.37. The number of hydrogen-bond acceptors (Lipinski definition) is 4. The molecule has 0 aliphatic carbocycles. The number of aromatic nitrogens is 3. The fourth-order valence-corrected chi connectivity index (χ4v) is 1.20. The van der Waals surface area contributed by atoms with Gasteiger partial charge in [-0.15, -0.1) is 0 Å². The van der Waals surface area contributed by atoms with E-state index in [1.54, 1.807) is 12.3 Å². The van der Waals surface area contributed by atoms with E-state index in [1.165, 1.54) is 0 Å². The summed E-state index contributed by atoms with van der Waals surface area (Å²) in [6, 6.07) is 0. The average Bonchev–Trinajstić information content (AvgIpc) is 2.13. The first-order valence-electron chi connectivity index (χ1n) is 3.87. The molecule has 1 heterocycles. The minimum Gasteiger partial charge on any atom is -0.339 e. The number of thiocarbonyl (C=S) groups is 1. The molecule has 0 aliphatic heterocycles. The monoisotopic (exact) mass is 263 g/mol. The molecule has 15 heavy (non-hydrogen) atoms. The highest BCUT2D eigenvalue weighted by Crippen LogP contribution is 2.09. The molecule has 8 heteroatoms. The van der Waals surface area contributed by atoms with E-state index in [2.05, 4.69) is 25.6 Å². The van der Waals surface area contributed by atoms with E-state index in [0.717, 1.165) is 0 Å². The molecule has 0 radical (unpaired) electrons. The number of nitrogens with zero attached hydrogens (tertiary/aromatic N) is 3. The number of allylic oxidation sites excluding steroid dienone is 1. The van der Waals surface area contributed by atoms with Crippen molar-refractivity contribution in [1.29, 1.82) is 0 Å². The third-order valence-electron chi connectivity index (χ3n) is 1.19. The van der Waals surface area contributed by atoms with Crippen molar-refractivity contribution < 1.29 is 0 Å². The van der Waals surface area contributed by atoms with Gasteiger partial charge in [-0.2, -0.15) is 15.0 Å². The lowest BCUT2D eigenvalue weighted by molar-refractivity contribution is 1.05. The first-order chi connectivity index (χ1) is 7.11. The highest BCUT2D eigenvalue weighted by Gasteiger charge is 2.03. The molecule has 0 saturated carbocycles. The maximum Gasteiger partial charge on any atom is 0.234 e. The van der Waals surface area contributed by atoms with Crippen LogP contribution >= 0.6 is 35.4 Å². The Balaban J connectivity index is 2.68. The number of anilines is 1. The van der Waals surface area contributed by atoms with E-state index >= 15 is 0 Å². The summed E-state index contributed by atoms with van der Waals surface area (Å²) >= 11 is 16.1. The molecule has 0 saturated heterocycles. The van der Waals surface area contributed by atoms with Crippen molar-refractivity contribution in [2.45, 2.75) is 6.92 Å². The van der Waals surface area contributed by atoms with E-state index in [9.17, 15) is 0 Å². The van der Waals surface area contributed by atoms with Crippen molar-refractivity contribution in [2.24, 2.45) is 0 Å². The summed E-state index contributed by atoms with van der Waals surface area (Å²) in [5, 5.41) is 5.82. The van der Waals surface area contributed by atoms with Crippen LogP contribution in [0.2, 0.25) is 10.6 Å². The van der Waals surface area contributed by atoms with E-state index in [1.807, 2.05) is 6.92 Å². The summed E-state index contributed by atoms with van der Waals surface area (Å²) in [6.07, 6.45) is 3.46. The van der Waals surface area contributed by atoms with Gasteiger partial charge < -0.3 is 10.6 Å². The Labute approximate surface area is 102 Å². The van der Waals surface area contributed by atoms with Crippen LogP contribution in [-0.4, -0.2) is 20.1 Å². The molecule has 2 N–H and O–H groups in total. The summed E-state index contributed by atoms with van der Waals surface area (Å²) < 4.78 is 0. The largest absolute Gasteiger partial charge is 0.339 e. The van der Waals surface area contributed by atoms with Crippen LogP contribution in [0.1, 0.15) is 6.92 Å². The lowest BCUT2D eigenvalue weighted by Gasteiger charge is -2.05. The average molecular weight is 264 g/mol. The summed E-state index contributed by atoms with van der Waals surface area (Å²) in [5.74, 6) is 0.196. The van der Waals surface area contributed by atoms with Crippen molar-refractivity contribution in [1.82, 2.24) is 20.3 Å². The van der Waals surface area contributed by atoms with E-state index in [0.29, 0.717) is 5.11 Å². The van der Waals surface area contributed by atoms with Crippen molar-refractivity contribution >= 4 is 46.5 Å². The molecule has 0 fully saturated rings. The second-order valence-electron chi connectivity index (χ2n) is 2.30. The van der Waals surface area contributed by atoms with Crippen molar-refractivity contribution in [3.8, 4) is 0 Å². The molecule has 0 atom stereocenters. The first-order valence-corrected chi connectivity index (χ1v) is 5.04. The number of hydrogen-bond donors (Lipinski definition) is 2. The second kappa shape index (κ2) is 5.79. The van der Waals surface area contributed by atoms with Gasteiger partial charge in [-0.1, -0.05) is 6.08 Å². The van der Waals surface area contributed by atoms with Crippen molar-refractivity contribution in [2.75, 3.05) is 5.32 Å². The fourth-order valence-electron chi connectivity index (χ4n) is 0.678. The van der Waals surface area contributed by atoms with E-state index in [4.69, 9.17) is 35.4 Å². The highest BCUT2D eigenvalue weighted by molar-refractivity contribution is 7.80. The Kier molecular flexibility index (Phi) is 4.67. The molecular formula is C7H7Cl2N5S. The standard InChI is InChI=1S/C7H7Cl2N5S/c1-2-3-10-7(15)14-6-12-4(8)11-5(9)13-6/h2-3H,1H3,(H2,10,11,12,13,14,15). The maximum absolute atomic E-state index is 5.57. The number of rotatable bonds is 2. The molecule has 0 unspecified atom stereocenters. The van der Waals surface area contributed by atoms with Gasteiger partial charge in [0.05, 0.1) is 0 Å². The smallest absolute Gasteiger partial charge is 0.234 e. The van der Waals surface area contributed by atoms with Crippen LogP contribution in [0.5, 0.6) is 0 Å². The third-order valence-corrected chi connectivity index (χ3v) is 1.75. The molecule has 0 amide bonds. The quantitative estimate of drug-likeness (QED) is 0.796. The molecule has 1 aromatic rings. The predicted octanol–water partition coefficient (Wildman–Crippen LogP) is 2.00. The molecule has 0 aliphatic rings. The van der Waals surface area contributed by atoms with Crippen LogP contribution in [0.15, 0.2) is 12.3 Å². The molecule has 1 aromatic heterocycles. The van der Waals surface area contributed by atoms with Gasteiger partial charge in [0.25, 0.3) is 0 Å². The molecule has 0 spiro atoms. The molecular weight excluding hydrogens is 257 g/mol. The Bertz CT molecular complexity index is 375. The van der Waals surface area contributed by atoms with Crippen LogP contribution < -0.4 is 10.6 Å². The van der Waals surface area contributed by atoms with E-state index < -0.39 is 0 Å². The summed E-state index contributed by atoms with van der Waals surface area (Å²) in [7, 11) is 0. The van der Waals surface area contributed by atoms with Crippen LogP contribution in [0.25, 0.3) is 0 Å². The van der Waals surface area contributed by atoms with E-state index in [-0.39, 0.29) is 16.5 Å². The lowest BCUT2D eigenvalue weighted by atomic mass is 10.7. The minimum absolute atomic E-state index is 0.00586. The first kappa shape index (κ1) is 12.1. The van der Waals surface area contributed by atoms with Crippen molar-refractivity contribution in [3.63, 3.8) is 0 Å². The lowest BCUT2D eigenvalue weighted by Crippen LogP contribution is -2.24. The molecule has 0 aromatic carbocycles. The Morgan fingerprint density at radius 1 is 1.27 bits per heavy atom. The zero-order valence-corrected chi connectivity index (χ0v) is 9.99. The highest BCUT2D eigenvalue weighted by atomic mass is 35.5. The molecule has 80 valence electrons. The van der Waals surface area contributed by atoms with Gasteiger partial charge in [-0.25, -0.2) is 0 Å². The summed E-state index contributed by atoms with van der Waals surface area (Å²) in [4.78, 5) is 11.2. The SMILES string of the molecule is CC=CNC(=S)Nc1nc(Cl)nc(Cl)n1. The zero-order chi connectivity index (χ0) is 11.3. The zero-order valence-electron chi connectivity index (χ0n) is 7.66. The minimum atomic E-state index is 0.00586. The predicted molar refractivity (Wildman–Crippen MR) is 64.0 cm³/mol. The second-order valence-corrected chi connectivity index (χ2v) is 3.38. The van der Waals surface area contributed by atoms with Gasteiger partial charge in [-0.05, 0) is 48.5 Å². The Morgan fingerprint density at radius 2 is 1.87 bits per heavy atom. The van der Waals surface area contributed by atoms with Gasteiger partial charge in [-0.3, -0.25) is 0 Å². The summed E-state index contributed by atoms with van der Waals surface area (Å²) in [5.41, 5.74) is 0. The van der Waals surface area contributed by atoms with Crippen LogP contribution in [0.3, 0.4) is 0 Å². The normalized spacial score (nSPS) is 10.3. The Hall–Kier alpha value is -0.980. The molecule has 1 rings (SSSR count). The van der Waals surface area contributed by atoms with Crippen LogP contribution in [-0.2, 0) is 0 Å². The van der Waals surface area contributed by atoms with Gasteiger partial charge in [0.2, 0.25) is 16.5 Å². The summed E-state index contributed by atoms with van der Waals surface area (Å²) in [6.45, 7) is 1.85. The number of nitrogens with one attached hydrogen (secondary N) is 2. The fraction of sp³-hybridized carbons (Fsp3) is 0.143. The topological polar surface area (TPSA) is 62.7 Å². The number of halogens is 2. The maximum atomic E-state index is 5.57. The van der Waals surface area contributed by atoms with Crippen LogP contribution in [0, 0.1) is 0 Å². The van der Waals surface area contributed by atoms with Gasteiger partial charge >= 0.3 is 0 Å².